The fourth-order valence-corrected chi connectivity index (χ4v) is 3.73. The summed E-state index contributed by atoms with van der Waals surface area (Å²) in [7, 11) is 1.62. The van der Waals surface area contributed by atoms with Crippen molar-refractivity contribution in [2.24, 2.45) is 0 Å². The second-order valence-corrected chi connectivity index (χ2v) is 7.72. The molecule has 3 aromatic rings. The SMILES string of the molecule is COc1ccc(-c2noc(-c3ccc(OCC(=O)NC4CCCCCC4)cc3)n2)cc1. The number of methoxy groups -OCH3 is 1. The van der Waals surface area contributed by atoms with Crippen LogP contribution < -0.4 is 14.8 Å². The van der Waals surface area contributed by atoms with Crippen LogP contribution in [0.1, 0.15) is 38.5 Å². The van der Waals surface area contributed by atoms with E-state index >= 15 is 0 Å². The summed E-state index contributed by atoms with van der Waals surface area (Å²) >= 11 is 0. The van der Waals surface area contributed by atoms with Gasteiger partial charge in [-0.25, -0.2) is 0 Å². The first-order valence-corrected chi connectivity index (χ1v) is 10.7. The topological polar surface area (TPSA) is 86.5 Å². The maximum Gasteiger partial charge on any atom is 0.258 e. The first-order chi connectivity index (χ1) is 15.2. The molecule has 1 N–H and O–H groups in total. The van der Waals surface area contributed by atoms with Crippen LogP contribution in [0.15, 0.2) is 53.1 Å². The molecule has 2 aromatic carbocycles. The molecule has 7 heteroatoms. The summed E-state index contributed by atoms with van der Waals surface area (Å²) in [4.78, 5) is 16.6. The molecule has 162 valence electrons. The maximum atomic E-state index is 12.2. The largest absolute Gasteiger partial charge is 0.497 e. The molecule has 1 amide bonds. The molecule has 1 aromatic heterocycles. The molecule has 0 atom stereocenters. The molecule has 0 spiro atoms. The van der Waals surface area contributed by atoms with Crippen LogP contribution in [-0.2, 0) is 4.79 Å². The van der Waals surface area contributed by atoms with Crippen molar-refractivity contribution in [1.82, 2.24) is 15.5 Å². The van der Waals surface area contributed by atoms with Crippen molar-refractivity contribution < 1.29 is 18.8 Å². The minimum absolute atomic E-state index is 0.0119. The average Bonchev–Trinajstić information content (AvgIpc) is 3.17. The van der Waals surface area contributed by atoms with Crippen molar-refractivity contribution >= 4 is 5.91 Å². The van der Waals surface area contributed by atoms with Gasteiger partial charge in [0.25, 0.3) is 11.8 Å². The molecule has 4 rings (SSSR count). The van der Waals surface area contributed by atoms with Gasteiger partial charge in [-0.3, -0.25) is 4.79 Å². The quantitative estimate of drug-likeness (QED) is 0.560. The van der Waals surface area contributed by atoms with E-state index in [4.69, 9.17) is 14.0 Å². The van der Waals surface area contributed by atoms with E-state index in [2.05, 4.69) is 15.5 Å². The molecular weight excluding hydrogens is 394 g/mol. The maximum absolute atomic E-state index is 12.2. The highest BCUT2D eigenvalue weighted by Gasteiger charge is 2.15. The van der Waals surface area contributed by atoms with Crippen LogP contribution in [0.25, 0.3) is 22.8 Å². The third-order valence-electron chi connectivity index (χ3n) is 5.47. The van der Waals surface area contributed by atoms with Crippen LogP contribution in [0.3, 0.4) is 0 Å². The van der Waals surface area contributed by atoms with Crippen LogP contribution in [0.4, 0.5) is 0 Å². The molecule has 0 aliphatic heterocycles. The smallest absolute Gasteiger partial charge is 0.258 e. The summed E-state index contributed by atoms with van der Waals surface area (Å²) < 4.78 is 16.2. The molecule has 1 fully saturated rings. The predicted octanol–water partition coefficient (Wildman–Crippen LogP) is 4.63. The van der Waals surface area contributed by atoms with Gasteiger partial charge < -0.3 is 19.3 Å². The van der Waals surface area contributed by atoms with Crippen molar-refractivity contribution in [2.75, 3.05) is 13.7 Å². The number of benzene rings is 2. The predicted molar refractivity (Wildman–Crippen MR) is 117 cm³/mol. The molecule has 0 bridgehead atoms. The molecule has 1 saturated carbocycles. The minimum atomic E-state index is -0.0722. The lowest BCUT2D eigenvalue weighted by atomic mass is 10.1. The van der Waals surface area contributed by atoms with Gasteiger partial charge in [-0.2, -0.15) is 4.98 Å². The van der Waals surface area contributed by atoms with Gasteiger partial charge in [0.1, 0.15) is 11.5 Å². The number of carbonyl (C=O) groups excluding carboxylic acids is 1. The lowest BCUT2D eigenvalue weighted by molar-refractivity contribution is -0.123. The number of rotatable bonds is 7. The Bertz CT molecular complexity index is 975. The number of hydrogen-bond acceptors (Lipinski definition) is 6. The van der Waals surface area contributed by atoms with Crippen LogP contribution >= 0.6 is 0 Å². The summed E-state index contributed by atoms with van der Waals surface area (Å²) in [5, 5.41) is 7.14. The lowest BCUT2D eigenvalue weighted by Crippen LogP contribution is -2.37. The number of ether oxygens (including phenoxy) is 2. The Morgan fingerprint density at radius 1 is 0.968 bits per heavy atom. The minimum Gasteiger partial charge on any atom is -0.497 e. The number of nitrogens with zero attached hydrogens (tertiary/aromatic N) is 2. The van der Waals surface area contributed by atoms with Gasteiger partial charge in [0.2, 0.25) is 5.82 Å². The number of hydrogen-bond donors (Lipinski definition) is 1. The van der Waals surface area contributed by atoms with E-state index in [9.17, 15) is 4.79 Å². The van der Waals surface area contributed by atoms with Crippen molar-refractivity contribution in [3.8, 4) is 34.3 Å². The summed E-state index contributed by atoms with van der Waals surface area (Å²) in [6, 6.07) is 15.0. The first kappa shape index (κ1) is 20.9. The van der Waals surface area contributed by atoms with Crippen molar-refractivity contribution in [1.29, 1.82) is 0 Å². The van der Waals surface area contributed by atoms with Crippen molar-refractivity contribution in [3.05, 3.63) is 48.5 Å². The van der Waals surface area contributed by atoms with Gasteiger partial charge in [-0.05, 0) is 61.4 Å². The summed E-state index contributed by atoms with van der Waals surface area (Å²) in [6.07, 6.45) is 7.01. The lowest BCUT2D eigenvalue weighted by Gasteiger charge is -2.16. The highest BCUT2D eigenvalue weighted by Crippen LogP contribution is 2.25. The fraction of sp³-hybridized carbons (Fsp3) is 0.375. The van der Waals surface area contributed by atoms with Gasteiger partial charge in [0.15, 0.2) is 6.61 Å². The van der Waals surface area contributed by atoms with Gasteiger partial charge in [0.05, 0.1) is 7.11 Å². The highest BCUT2D eigenvalue weighted by atomic mass is 16.5. The summed E-state index contributed by atoms with van der Waals surface area (Å²) in [5.74, 6) is 2.24. The van der Waals surface area contributed by atoms with E-state index < -0.39 is 0 Å². The number of carbonyl (C=O) groups is 1. The van der Waals surface area contributed by atoms with Crippen LogP contribution in [0, 0.1) is 0 Å². The zero-order chi connectivity index (χ0) is 21.5. The van der Waals surface area contributed by atoms with Gasteiger partial charge >= 0.3 is 0 Å². The van der Waals surface area contributed by atoms with Crippen molar-refractivity contribution in [2.45, 2.75) is 44.6 Å². The van der Waals surface area contributed by atoms with E-state index in [0.717, 1.165) is 29.7 Å². The summed E-state index contributed by atoms with van der Waals surface area (Å²) in [6.45, 7) is 0.0119. The monoisotopic (exact) mass is 421 g/mol. The molecule has 1 aliphatic rings. The second-order valence-electron chi connectivity index (χ2n) is 7.72. The number of aromatic nitrogens is 2. The van der Waals surface area contributed by atoms with E-state index in [0.29, 0.717) is 17.5 Å². The van der Waals surface area contributed by atoms with Crippen LogP contribution in [0.5, 0.6) is 11.5 Å². The third kappa shape index (κ3) is 5.63. The normalized spacial score (nSPS) is 14.6. The van der Waals surface area contributed by atoms with E-state index in [1.807, 2.05) is 36.4 Å². The molecule has 7 nitrogen and oxygen atoms in total. The van der Waals surface area contributed by atoms with E-state index in [1.54, 1.807) is 19.2 Å². The van der Waals surface area contributed by atoms with Crippen LogP contribution in [0.2, 0.25) is 0 Å². The Hall–Kier alpha value is -3.35. The zero-order valence-electron chi connectivity index (χ0n) is 17.7. The summed E-state index contributed by atoms with van der Waals surface area (Å²) in [5.41, 5.74) is 1.62. The average molecular weight is 421 g/mol. The molecule has 0 radical (unpaired) electrons. The molecule has 1 heterocycles. The Morgan fingerprint density at radius 3 is 2.29 bits per heavy atom. The molecule has 0 saturated heterocycles. The number of amides is 1. The molecule has 0 unspecified atom stereocenters. The Labute approximate surface area is 181 Å². The Morgan fingerprint density at radius 2 is 1.61 bits per heavy atom. The highest BCUT2D eigenvalue weighted by molar-refractivity contribution is 5.77. The van der Waals surface area contributed by atoms with Crippen molar-refractivity contribution in [3.63, 3.8) is 0 Å². The van der Waals surface area contributed by atoms with Gasteiger partial charge in [-0.15, -0.1) is 0 Å². The van der Waals surface area contributed by atoms with E-state index in [-0.39, 0.29) is 18.6 Å². The second kappa shape index (κ2) is 10.1. The third-order valence-corrected chi connectivity index (χ3v) is 5.47. The molecule has 31 heavy (non-hydrogen) atoms. The Balaban J connectivity index is 1.31. The Kier molecular flexibility index (Phi) is 6.82. The molecule has 1 aliphatic carbocycles. The van der Waals surface area contributed by atoms with Gasteiger partial charge in [-0.1, -0.05) is 30.8 Å². The number of nitrogens with one attached hydrogen (secondary N) is 1. The van der Waals surface area contributed by atoms with Gasteiger partial charge in [0, 0.05) is 17.2 Å². The molecular formula is C24H27N3O4. The van der Waals surface area contributed by atoms with Crippen LogP contribution in [-0.4, -0.2) is 35.8 Å². The van der Waals surface area contributed by atoms with E-state index in [1.165, 1.54) is 25.7 Å². The first-order valence-electron chi connectivity index (χ1n) is 10.7. The zero-order valence-corrected chi connectivity index (χ0v) is 17.7. The fourth-order valence-electron chi connectivity index (χ4n) is 3.73. The standard InChI is InChI=1S/C24H27N3O4/c1-29-20-12-8-17(9-13-20)23-26-24(31-27-23)18-10-14-21(15-11-18)30-16-22(28)25-19-6-4-2-3-5-7-19/h8-15,19H,2-7,16H2,1H3,(H,25,28).